The highest BCUT2D eigenvalue weighted by Crippen LogP contribution is 2.24. The number of aryl methyl sites for hydroxylation is 2. The number of hydrogen-bond acceptors (Lipinski definition) is 4. The third-order valence-corrected chi connectivity index (χ3v) is 4.40. The first-order valence-electron chi connectivity index (χ1n) is 8.06. The molecule has 0 spiro atoms. The summed E-state index contributed by atoms with van der Waals surface area (Å²) in [6.07, 6.45) is 0. The maximum Gasteiger partial charge on any atom is 0.339 e. The highest BCUT2D eigenvalue weighted by atomic mass is 16.5. The van der Waals surface area contributed by atoms with Crippen molar-refractivity contribution in [2.75, 3.05) is 0 Å². The standard InChI is InChI=1S/C19H22N2O3/c1-11(2)17-8-14(21(5)20-17)10-23-15-6-7-16-12(3)13(4)19(22)24-18(16)9-15/h6-9,11H,10H2,1-5H3. The van der Waals surface area contributed by atoms with E-state index < -0.39 is 0 Å². The van der Waals surface area contributed by atoms with Gasteiger partial charge in [0.15, 0.2) is 0 Å². The van der Waals surface area contributed by atoms with E-state index in [1.54, 1.807) is 13.0 Å². The molecular weight excluding hydrogens is 304 g/mol. The molecule has 3 aromatic rings. The minimum atomic E-state index is -0.301. The molecule has 2 heterocycles. The van der Waals surface area contributed by atoms with Crippen molar-refractivity contribution in [3.63, 3.8) is 0 Å². The Labute approximate surface area is 140 Å². The van der Waals surface area contributed by atoms with E-state index in [1.165, 1.54) is 0 Å². The van der Waals surface area contributed by atoms with Gasteiger partial charge in [0.25, 0.3) is 0 Å². The zero-order valence-corrected chi connectivity index (χ0v) is 14.7. The van der Waals surface area contributed by atoms with E-state index in [1.807, 2.05) is 30.8 Å². The van der Waals surface area contributed by atoms with Crippen LogP contribution in [-0.4, -0.2) is 9.78 Å². The molecule has 0 saturated carbocycles. The lowest BCUT2D eigenvalue weighted by atomic mass is 10.1. The molecule has 1 aromatic carbocycles. The Kier molecular flexibility index (Phi) is 4.18. The average Bonchev–Trinajstić information content (AvgIpc) is 2.92. The first kappa shape index (κ1) is 16.3. The molecule has 5 heteroatoms. The van der Waals surface area contributed by atoms with Gasteiger partial charge in [0.1, 0.15) is 17.9 Å². The van der Waals surface area contributed by atoms with Crippen molar-refractivity contribution in [2.45, 2.75) is 40.2 Å². The maximum atomic E-state index is 11.8. The summed E-state index contributed by atoms with van der Waals surface area (Å²) in [6, 6.07) is 7.65. The van der Waals surface area contributed by atoms with Crippen molar-refractivity contribution in [1.29, 1.82) is 0 Å². The monoisotopic (exact) mass is 326 g/mol. The number of benzene rings is 1. The van der Waals surface area contributed by atoms with Crippen LogP contribution >= 0.6 is 0 Å². The van der Waals surface area contributed by atoms with E-state index >= 15 is 0 Å². The second kappa shape index (κ2) is 6.15. The molecule has 0 bridgehead atoms. The Balaban J connectivity index is 1.86. The molecule has 126 valence electrons. The van der Waals surface area contributed by atoms with Gasteiger partial charge in [-0.2, -0.15) is 5.10 Å². The van der Waals surface area contributed by atoms with Gasteiger partial charge < -0.3 is 9.15 Å². The third-order valence-electron chi connectivity index (χ3n) is 4.40. The van der Waals surface area contributed by atoms with Crippen LogP contribution in [0.25, 0.3) is 11.0 Å². The van der Waals surface area contributed by atoms with Gasteiger partial charge in [-0.1, -0.05) is 13.8 Å². The molecule has 0 amide bonds. The number of ether oxygens (including phenoxy) is 1. The number of nitrogens with zero attached hydrogens (tertiary/aromatic N) is 2. The second-order valence-electron chi connectivity index (χ2n) is 6.43. The van der Waals surface area contributed by atoms with Crippen molar-refractivity contribution in [2.24, 2.45) is 7.05 Å². The predicted molar refractivity (Wildman–Crippen MR) is 93.6 cm³/mol. The normalized spacial score (nSPS) is 11.4. The fourth-order valence-electron chi connectivity index (χ4n) is 2.62. The first-order valence-corrected chi connectivity index (χ1v) is 8.06. The Morgan fingerprint density at radius 3 is 2.62 bits per heavy atom. The molecule has 0 saturated heterocycles. The Bertz CT molecular complexity index is 951. The molecule has 2 aromatic heterocycles. The Morgan fingerprint density at radius 2 is 1.96 bits per heavy atom. The highest BCUT2D eigenvalue weighted by Gasteiger charge is 2.11. The lowest BCUT2D eigenvalue weighted by Gasteiger charge is -2.08. The van der Waals surface area contributed by atoms with Crippen molar-refractivity contribution in [3.8, 4) is 5.75 Å². The van der Waals surface area contributed by atoms with Crippen molar-refractivity contribution < 1.29 is 9.15 Å². The molecular formula is C19H22N2O3. The van der Waals surface area contributed by atoms with Crippen molar-refractivity contribution in [3.05, 3.63) is 57.2 Å². The third kappa shape index (κ3) is 2.94. The molecule has 24 heavy (non-hydrogen) atoms. The first-order chi connectivity index (χ1) is 11.4. The van der Waals surface area contributed by atoms with Gasteiger partial charge in [0.2, 0.25) is 0 Å². The van der Waals surface area contributed by atoms with Crippen LogP contribution < -0.4 is 10.4 Å². The highest BCUT2D eigenvalue weighted by molar-refractivity contribution is 5.82. The minimum absolute atomic E-state index is 0.301. The van der Waals surface area contributed by atoms with E-state index in [9.17, 15) is 4.79 Å². The fourth-order valence-corrected chi connectivity index (χ4v) is 2.62. The van der Waals surface area contributed by atoms with E-state index in [2.05, 4.69) is 25.0 Å². The predicted octanol–water partition coefficient (Wildman–Crippen LogP) is 3.85. The molecule has 0 aliphatic heterocycles. The van der Waals surface area contributed by atoms with Gasteiger partial charge in [-0.3, -0.25) is 4.68 Å². The number of fused-ring (bicyclic) bond motifs is 1. The summed E-state index contributed by atoms with van der Waals surface area (Å²) >= 11 is 0. The van der Waals surface area contributed by atoms with Gasteiger partial charge in [-0.15, -0.1) is 0 Å². The van der Waals surface area contributed by atoms with Crippen LogP contribution in [-0.2, 0) is 13.7 Å². The Morgan fingerprint density at radius 1 is 1.21 bits per heavy atom. The maximum absolute atomic E-state index is 11.8. The summed E-state index contributed by atoms with van der Waals surface area (Å²) in [6.45, 7) is 8.35. The molecule has 0 N–H and O–H groups in total. The molecule has 0 aliphatic rings. The summed E-state index contributed by atoms with van der Waals surface area (Å²) in [5.41, 5.74) is 3.89. The summed E-state index contributed by atoms with van der Waals surface area (Å²) in [4.78, 5) is 11.8. The molecule has 0 radical (unpaired) electrons. The fraction of sp³-hybridized carbons (Fsp3) is 0.368. The number of hydrogen-bond donors (Lipinski definition) is 0. The zero-order chi connectivity index (χ0) is 17.4. The van der Waals surface area contributed by atoms with Crippen LogP contribution in [0.5, 0.6) is 5.75 Å². The SMILES string of the molecule is Cc1c(C)c2ccc(OCc3cc(C(C)C)nn3C)cc2oc1=O. The van der Waals surface area contributed by atoms with Gasteiger partial charge in [0, 0.05) is 24.1 Å². The van der Waals surface area contributed by atoms with Crippen LogP contribution in [0.4, 0.5) is 0 Å². The van der Waals surface area contributed by atoms with Crippen molar-refractivity contribution in [1.82, 2.24) is 9.78 Å². The largest absolute Gasteiger partial charge is 0.487 e. The van der Waals surface area contributed by atoms with Crippen LogP contribution in [0.3, 0.4) is 0 Å². The molecule has 0 atom stereocenters. The zero-order valence-electron chi connectivity index (χ0n) is 14.7. The second-order valence-corrected chi connectivity index (χ2v) is 6.43. The number of rotatable bonds is 4. The summed E-state index contributed by atoms with van der Waals surface area (Å²) in [7, 11) is 1.91. The summed E-state index contributed by atoms with van der Waals surface area (Å²) < 4.78 is 13.1. The Hall–Kier alpha value is -2.56. The van der Waals surface area contributed by atoms with Crippen LogP contribution in [0.15, 0.2) is 33.5 Å². The van der Waals surface area contributed by atoms with Gasteiger partial charge in [0.05, 0.1) is 11.4 Å². The lowest BCUT2D eigenvalue weighted by molar-refractivity contribution is 0.295. The van der Waals surface area contributed by atoms with Gasteiger partial charge in [-0.25, -0.2) is 4.79 Å². The quantitative estimate of drug-likeness (QED) is 0.683. The molecule has 0 fully saturated rings. The van der Waals surface area contributed by atoms with E-state index in [4.69, 9.17) is 9.15 Å². The topological polar surface area (TPSA) is 57.3 Å². The van der Waals surface area contributed by atoms with E-state index in [0.29, 0.717) is 29.4 Å². The summed E-state index contributed by atoms with van der Waals surface area (Å²) in [5, 5.41) is 5.41. The van der Waals surface area contributed by atoms with Gasteiger partial charge >= 0.3 is 5.63 Å². The summed E-state index contributed by atoms with van der Waals surface area (Å²) in [5.74, 6) is 1.05. The minimum Gasteiger partial charge on any atom is -0.487 e. The van der Waals surface area contributed by atoms with Crippen LogP contribution in [0.2, 0.25) is 0 Å². The molecule has 0 unspecified atom stereocenters. The average molecular weight is 326 g/mol. The lowest BCUT2D eigenvalue weighted by Crippen LogP contribution is -2.06. The van der Waals surface area contributed by atoms with Gasteiger partial charge in [-0.05, 0) is 43.5 Å². The van der Waals surface area contributed by atoms with Crippen molar-refractivity contribution >= 4 is 11.0 Å². The molecule has 5 nitrogen and oxygen atoms in total. The molecule has 0 aliphatic carbocycles. The molecule has 3 rings (SSSR count). The van der Waals surface area contributed by atoms with E-state index in [0.717, 1.165) is 22.3 Å². The smallest absolute Gasteiger partial charge is 0.339 e. The van der Waals surface area contributed by atoms with Crippen LogP contribution in [0.1, 0.15) is 42.3 Å². The number of aromatic nitrogens is 2. The van der Waals surface area contributed by atoms with Crippen LogP contribution in [0, 0.1) is 13.8 Å². The van der Waals surface area contributed by atoms with E-state index in [-0.39, 0.29) is 5.63 Å².